The van der Waals surface area contributed by atoms with Crippen molar-refractivity contribution in [1.29, 1.82) is 0 Å². The minimum Gasteiger partial charge on any atom is -0.322 e. The molecule has 6 heteroatoms. The van der Waals surface area contributed by atoms with Gasteiger partial charge in [0.2, 0.25) is 0 Å². The SMILES string of the molecule is NC(CC(F)(F)F)c1nccs1. The van der Waals surface area contributed by atoms with Crippen LogP contribution in [-0.2, 0) is 0 Å². The highest BCUT2D eigenvalue weighted by Crippen LogP contribution is 2.28. The highest BCUT2D eigenvalue weighted by Gasteiger charge is 2.31. The van der Waals surface area contributed by atoms with Gasteiger partial charge in [0.05, 0.1) is 12.5 Å². The average Bonchev–Trinajstić information content (AvgIpc) is 2.32. The molecule has 0 spiro atoms. The molecule has 0 aromatic carbocycles. The van der Waals surface area contributed by atoms with E-state index < -0.39 is 18.6 Å². The van der Waals surface area contributed by atoms with Crippen molar-refractivity contribution in [2.75, 3.05) is 0 Å². The Bertz CT molecular complexity index is 231. The van der Waals surface area contributed by atoms with Crippen LogP contribution in [0.3, 0.4) is 0 Å². The number of alkyl halides is 3. The molecule has 1 aromatic heterocycles. The van der Waals surface area contributed by atoms with Gasteiger partial charge < -0.3 is 5.73 Å². The zero-order chi connectivity index (χ0) is 9.19. The van der Waals surface area contributed by atoms with Crippen LogP contribution in [0.1, 0.15) is 17.5 Å². The van der Waals surface area contributed by atoms with E-state index in [1.165, 1.54) is 6.20 Å². The summed E-state index contributed by atoms with van der Waals surface area (Å²) in [6.45, 7) is 0. The van der Waals surface area contributed by atoms with Crippen LogP contribution in [0.4, 0.5) is 13.2 Å². The lowest BCUT2D eigenvalue weighted by Crippen LogP contribution is -2.19. The molecule has 0 bridgehead atoms. The lowest BCUT2D eigenvalue weighted by molar-refractivity contribution is -0.138. The Morgan fingerprint density at radius 1 is 1.58 bits per heavy atom. The molecular weight excluding hydrogens is 189 g/mol. The molecule has 1 rings (SSSR count). The minimum atomic E-state index is -4.22. The molecule has 1 unspecified atom stereocenters. The number of halogens is 3. The van der Waals surface area contributed by atoms with Crippen molar-refractivity contribution >= 4 is 11.3 Å². The number of nitrogens with zero attached hydrogens (tertiary/aromatic N) is 1. The molecule has 0 fully saturated rings. The zero-order valence-corrected chi connectivity index (χ0v) is 6.82. The van der Waals surface area contributed by atoms with Gasteiger partial charge in [-0.25, -0.2) is 4.98 Å². The van der Waals surface area contributed by atoms with E-state index in [0.717, 1.165) is 11.3 Å². The predicted octanol–water partition coefficient (Wildman–Crippen LogP) is 2.10. The topological polar surface area (TPSA) is 38.9 Å². The van der Waals surface area contributed by atoms with Gasteiger partial charge in [0.25, 0.3) is 0 Å². The van der Waals surface area contributed by atoms with E-state index >= 15 is 0 Å². The number of aromatic nitrogens is 1. The van der Waals surface area contributed by atoms with E-state index in [4.69, 9.17) is 5.73 Å². The first-order valence-electron chi connectivity index (χ1n) is 3.21. The maximum atomic E-state index is 11.8. The summed E-state index contributed by atoms with van der Waals surface area (Å²) in [6.07, 6.45) is -3.79. The van der Waals surface area contributed by atoms with Crippen LogP contribution < -0.4 is 5.73 Å². The van der Waals surface area contributed by atoms with Crippen molar-refractivity contribution in [3.8, 4) is 0 Å². The van der Waals surface area contributed by atoms with Gasteiger partial charge in [0.1, 0.15) is 5.01 Å². The summed E-state index contributed by atoms with van der Waals surface area (Å²) in [5.41, 5.74) is 5.25. The van der Waals surface area contributed by atoms with Gasteiger partial charge in [-0.3, -0.25) is 0 Å². The minimum absolute atomic E-state index is 0.326. The zero-order valence-electron chi connectivity index (χ0n) is 6.01. The number of nitrogens with two attached hydrogens (primary N) is 1. The standard InChI is InChI=1S/C6H7F3N2S/c7-6(8,9)3-4(10)5-11-1-2-12-5/h1-2,4H,3,10H2. The van der Waals surface area contributed by atoms with Crippen molar-refractivity contribution in [1.82, 2.24) is 4.98 Å². The number of hydrogen-bond donors (Lipinski definition) is 1. The monoisotopic (exact) mass is 196 g/mol. The van der Waals surface area contributed by atoms with E-state index in [9.17, 15) is 13.2 Å². The molecule has 12 heavy (non-hydrogen) atoms. The molecule has 0 saturated carbocycles. The fraction of sp³-hybridized carbons (Fsp3) is 0.500. The summed E-state index contributed by atoms with van der Waals surface area (Å²) < 4.78 is 35.4. The number of thiazole rings is 1. The smallest absolute Gasteiger partial charge is 0.322 e. The van der Waals surface area contributed by atoms with Gasteiger partial charge in [-0.05, 0) is 0 Å². The highest BCUT2D eigenvalue weighted by molar-refractivity contribution is 7.09. The maximum absolute atomic E-state index is 11.8. The first kappa shape index (κ1) is 9.47. The predicted molar refractivity (Wildman–Crippen MR) is 39.7 cm³/mol. The molecule has 1 heterocycles. The van der Waals surface area contributed by atoms with Gasteiger partial charge >= 0.3 is 6.18 Å². The Balaban J connectivity index is 2.56. The molecule has 0 radical (unpaired) electrons. The van der Waals surface area contributed by atoms with Crippen LogP contribution >= 0.6 is 11.3 Å². The molecule has 0 amide bonds. The first-order chi connectivity index (χ1) is 5.49. The Morgan fingerprint density at radius 3 is 2.67 bits per heavy atom. The molecule has 2 N–H and O–H groups in total. The van der Waals surface area contributed by atoms with Crippen LogP contribution in [-0.4, -0.2) is 11.2 Å². The second-order valence-electron chi connectivity index (χ2n) is 2.30. The summed E-state index contributed by atoms with van der Waals surface area (Å²) in [5.74, 6) is 0. The van der Waals surface area contributed by atoms with E-state index in [1.54, 1.807) is 5.38 Å². The quantitative estimate of drug-likeness (QED) is 0.786. The van der Waals surface area contributed by atoms with E-state index in [1.807, 2.05) is 0 Å². The number of hydrogen-bond acceptors (Lipinski definition) is 3. The Hall–Kier alpha value is -0.620. The Morgan fingerprint density at radius 2 is 2.25 bits per heavy atom. The van der Waals surface area contributed by atoms with Crippen molar-refractivity contribution in [3.63, 3.8) is 0 Å². The largest absolute Gasteiger partial charge is 0.391 e. The summed E-state index contributed by atoms with van der Waals surface area (Å²) in [6, 6.07) is -1.02. The van der Waals surface area contributed by atoms with Crippen molar-refractivity contribution < 1.29 is 13.2 Å². The summed E-state index contributed by atoms with van der Waals surface area (Å²) in [4.78, 5) is 3.69. The van der Waals surface area contributed by atoms with Crippen molar-refractivity contribution in [2.45, 2.75) is 18.6 Å². The second-order valence-corrected chi connectivity index (χ2v) is 3.22. The van der Waals surface area contributed by atoms with E-state index in [-0.39, 0.29) is 0 Å². The fourth-order valence-corrected chi connectivity index (χ4v) is 1.40. The molecule has 0 aliphatic heterocycles. The second kappa shape index (κ2) is 3.40. The highest BCUT2D eigenvalue weighted by atomic mass is 32.1. The van der Waals surface area contributed by atoms with Crippen molar-refractivity contribution in [3.05, 3.63) is 16.6 Å². The van der Waals surface area contributed by atoms with E-state index in [2.05, 4.69) is 4.98 Å². The lowest BCUT2D eigenvalue weighted by atomic mass is 10.2. The van der Waals surface area contributed by atoms with Gasteiger partial charge in [-0.15, -0.1) is 11.3 Å². The van der Waals surface area contributed by atoms with Gasteiger partial charge in [-0.1, -0.05) is 0 Å². The maximum Gasteiger partial charge on any atom is 0.391 e. The summed E-state index contributed by atoms with van der Waals surface area (Å²) in [5, 5.41) is 1.93. The molecule has 2 nitrogen and oxygen atoms in total. The molecule has 68 valence electrons. The molecule has 0 saturated heterocycles. The summed E-state index contributed by atoms with van der Waals surface area (Å²) >= 11 is 1.14. The third kappa shape index (κ3) is 2.78. The van der Waals surface area contributed by atoms with Crippen LogP contribution in [0.2, 0.25) is 0 Å². The molecule has 0 aliphatic carbocycles. The van der Waals surface area contributed by atoms with Gasteiger partial charge in [0.15, 0.2) is 0 Å². The number of rotatable bonds is 2. The Labute approximate surface area is 71.2 Å². The fourth-order valence-electron chi connectivity index (χ4n) is 0.754. The van der Waals surface area contributed by atoms with Gasteiger partial charge in [0, 0.05) is 11.6 Å². The molecule has 1 aromatic rings. The summed E-state index contributed by atoms with van der Waals surface area (Å²) in [7, 11) is 0. The molecule has 0 aliphatic rings. The first-order valence-corrected chi connectivity index (χ1v) is 4.09. The van der Waals surface area contributed by atoms with Gasteiger partial charge in [-0.2, -0.15) is 13.2 Å². The van der Waals surface area contributed by atoms with Crippen LogP contribution in [0.25, 0.3) is 0 Å². The van der Waals surface area contributed by atoms with Crippen LogP contribution in [0.5, 0.6) is 0 Å². The molecular formula is C6H7F3N2S. The molecule has 1 atom stereocenters. The van der Waals surface area contributed by atoms with E-state index in [0.29, 0.717) is 5.01 Å². The normalized spacial score (nSPS) is 14.7. The van der Waals surface area contributed by atoms with Crippen LogP contribution in [0.15, 0.2) is 11.6 Å². The Kier molecular flexibility index (Phi) is 2.69. The lowest BCUT2D eigenvalue weighted by Gasteiger charge is -2.10. The third-order valence-corrected chi connectivity index (χ3v) is 2.13. The van der Waals surface area contributed by atoms with Crippen molar-refractivity contribution in [2.24, 2.45) is 5.73 Å². The average molecular weight is 196 g/mol. The third-order valence-electron chi connectivity index (χ3n) is 1.22. The van der Waals surface area contributed by atoms with Crippen LogP contribution in [0, 0.1) is 0 Å².